The summed E-state index contributed by atoms with van der Waals surface area (Å²) in [5.74, 6) is 0.332. The molecule has 2 heterocycles. The zero-order valence-electron chi connectivity index (χ0n) is 12.7. The Labute approximate surface area is 134 Å². The molecule has 0 bridgehead atoms. The van der Waals surface area contributed by atoms with Crippen LogP contribution in [-0.4, -0.2) is 49.1 Å². The van der Waals surface area contributed by atoms with Crippen LogP contribution in [0.25, 0.3) is 0 Å². The number of nitrogens with zero attached hydrogens (tertiary/aromatic N) is 4. The zero-order valence-corrected chi connectivity index (χ0v) is 13.5. The second kappa shape index (κ2) is 6.21. The van der Waals surface area contributed by atoms with Gasteiger partial charge in [-0.25, -0.2) is 12.8 Å². The van der Waals surface area contributed by atoms with Crippen LogP contribution in [0.1, 0.15) is 5.56 Å². The summed E-state index contributed by atoms with van der Waals surface area (Å²) in [6.07, 6.45) is 1.60. The molecule has 1 aromatic carbocycles. The van der Waals surface area contributed by atoms with Gasteiger partial charge in [0.15, 0.2) is 5.82 Å². The van der Waals surface area contributed by atoms with Crippen molar-refractivity contribution in [3.63, 3.8) is 0 Å². The smallest absolute Gasteiger partial charge is 0.243 e. The van der Waals surface area contributed by atoms with Crippen LogP contribution >= 0.6 is 0 Å². The highest BCUT2D eigenvalue weighted by atomic mass is 32.2. The van der Waals surface area contributed by atoms with E-state index >= 15 is 0 Å². The van der Waals surface area contributed by atoms with Crippen molar-refractivity contribution in [3.8, 4) is 0 Å². The second-order valence-corrected chi connectivity index (χ2v) is 7.32. The van der Waals surface area contributed by atoms with Gasteiger partial charge in [-0.05, 0) is 42.8 Å². The summed E-state index contributed by atoms with van der Waals surface area (Å²) in [4.78, 5) is 2.12. The third kappa shape index (κ3) is 3.18. The summed E-state index contributed by atoms with van der Waals surface area (Å²) in [6.45, 7) is 3.35. The van der Waals surface area contributed by atoms with E-state index in [2.05, 4.69) is 10.2 Å². The first-order valence-electron chi connectivity index (χ1n) is 7.27. The normalized spacial score (nSPS) is 16.5. The Hall–Kier alpha value is -2.06. The van der Waals surface area contributed by atoms with Crippen LogP contribution in [-0.2, 0) is 10.0 Å². The number of hydrogen-bond donors (Lipinski definition) is 0. The van der Waals surface area contributed by atoms with E-state index in [1.165, 1.54) is 22.5 Å². The van der Waals surface area contributed by atoms with Gasteiger partial charge in [0.2, 0.25) is 10.0 Å². The van der Waals surface area contributed by atoms with Crippen LogP contribution < -0.4 is 4.90 Å². The standard InChI is InChI=1S/C15H17FN4O2S/c1-12-11-13(4-5-14(12)16)23(21,22)20-9-7-19(8-10-20)15-3-2-6-17-18-15/h2-6,11H,7-10H2,1H3. The van der Waals surface area contributed by atoms with Crippen molar-refractivity contribution in [1.82, 2.24) is 14.5 Å². The Bertz CT molecular complexity index is 790. The van der Waals surface area contributed by atoms with Crippen LogP contribution in [0.2, 0.25) is 0 Å². The number of sulfonamides is 1. The van der Waals surface area contributed by atoms with Crippen molar-refractivity contribution in [2.24, 2.45) is 0 Å². The Morgan fingerprint density at radius 3 is 2.48 bits per heavy atom. The summed E-state index contributed by atoms with van der Waals surface area (Å²) < 4.78 is 40.1. The van der Waals surface area contributed by atoms with Crippen molar-refractivity contribution in [3.05, 3.63) is 47.9 Å². The van der Waals surface area contributed by atoms with E-state index in [-0.39, 0.29) is 4.90 Å². The van der Waals surface area contributed by atoms with Crippen molar-refractivity contribution in [1.29, 1.82) is 0 Å². The molecule has 0 radical (unpaired) electrons. The van der Waals surface area contributed by atoms with Crippen LogP contribution in [0.3, 0.4) is 0 Å². The quantitative estimate of drug-likeness (QED) is 0.848. The molecule has 1 aliphatic rings. The lowest BCUT2D eigenvalue weighted by Gasteiger charge is -2.34. The third-order valence-corrected chi connectivity index (χ3v) is 5.78. The molecular weight excluding hydrogens is 319 g/mol. The molecule has 0 atom stereocenters. The predicted octanol–water partition coefficient (Wildman–Crippen LogP) is 1.44. The molecule has 0 saturated carbocycles. The Morgan fingerprint density at radius 1 is 1.13 bits per heavy atom. The van der Waals surface area contributed by atoms with E-state index in [4.69, 9.17) is 0 Å². The van der Waals surface area contributed by atoms with Crippen molar-refractivity contribution < 1.29 is 12.8 Å². The van der Waals surface area contributed by atoms with E-state index in [1.807, 2.05) is 11.0 Å². The number of halogens is 1. The van der Waals surface area contributed by atoms with Gasteiger partial charge in [0.25, 0.3) is 0 Å². The van der Waals surface area contributed by atoms with E-state index in [0.717, 1.165) is 5.82 Å². The fraction of sp³-hybridized carbons (Fsp3) is 0.333. The highest BCUT2D eigenvalue weighted by Gasteiger charge is 2.29. The van der Waals surface area contributed by atoms with Gasteiger partial charge in [-0.1, -0.05) is 0 Å². The average Bonchev–Trinajstić information content (AvgIpc) is 2.58. The Kier molecular flexibility index (Phi) is 4.27. The summed E-state index contributed by atoms with van der Waals surface area (Å²) in [7, 11) is -3.60. The largest absolute Gasteiger partial charge is 0.352 e. The first-order chi connectivity index (χ1) is 11.0. The highest BCUT2D eigenvalue weighted by molar-refractivity contribution is 7.89. The molecule has 0 amide bonds. The van der Waals surface area contributed by atoms with E-state index < -0.39 is 15.8 Å². The SMILES string of the molecule is Cc1cc(S(=O)(=O)N2CCN(c3cccnn3)CC2)ccc1F. The number of aryl methyl sites for hydroxylation is 1. The molecule has 0 aliphatic carbocycles. The molecule has 122 valence electrons. The molecule has 0 spiro atoms. The van der Waals surface area contributed by atoms with Gasteiger partial charge in [0.1, 0.15) is 5.82 Å². The van der Waals surface area contributed by atoms with Crippen LogP contribution in [0.15, 0.2) is 41.4 Å². The first-order valence-corrected chi connectivity index (χ1v) is 8.71. The number of piperazine rings is 1. The van der Waals surface area contributed by atoms with Crippen LogP contribution in [0.4, 0.5) is 10.2 Å². The maximum absolute atomic E-state index is 13.3. The predicted molar refractivity (Wildman–Crippen MR) is 84.1 cm³/mol. The highest BCUT2D eigenvalue weighted by Crippen LogP contribution is 2.21. The third-order valence-electron chi connectivity index (χ3n) is 3.89. The van der Waals surface area contributed by atoms with E-state index in [1.54, 1.807) is 19.2 Å². The molecule has 1 aliphatic heterocycles. The van der Waals surface area contributed by atoms with Gasteiger partial charge < -0.3 is 4.90 Å². The molecule has 1 fully saturated rings. The van der Waals surface area contributed by atoms with E-state index in [0.29, 0.717) is 31.7 Å². The lowest BCUT2D eigenvalue weighted by Crippen LogP contribution is -2.49. The van der Waals surface area contributed by atoms with Gasteiger partial charge in [-0.15, -0.1) is 5.10 Å². The lowest BCUT2D eigenvalue weighted by atomic mass is 10.2. The summed E-state index contributed by atoms with van der Waals surface area (Å²) in [5.41, 5.74) is 0.323. The average molecular weight is 336 g/mol. The number of rotatable bonds is 3. The molecule has 0 unspecified atom stereocenters. The van der Waals surface area contributed by atoms with Gasteiger partial charge in [0.05, 0.1) is 4.90 Å². The number of anilines is 1. The maximum atomic E-state index is 13.3. The van der Waals surface area contributed by atoms with Crippen molar-refractivity contribution in [2.75, 3.05) is 31.1 Å². The fourth-order valence-electron chi connectivity index (χ4n) is 2.55. The Morgan fingerprint density at radius 2 is 1.87 bits per heavy atom. The molecular formula is C15H17FN4O2S. The zero-order chi connectivity index (χ0) is 16.4. The van der Waals surface area contributed by atoms with Gasteiger partial charge in [0, 0.05) is 32.4 Å². The molecule has 2 aromatic rings. The number of benzene rings is 1. The van der Waals surface area contributed by atoms with E-state index in [9.17, 15) is 12.8 Å². The first kappa shape index (κ1) is 15.8. The Balaban J connectivity index is 1.75. The topological polar surface area (TPSA) is 66.4 Å². The fourth-order valence-corrected chi connectivity index (χ4v) is 4.05. The lowest BCUT2D eigenvalue weighted by molar-refractivity contribution is 0.383. The summed E-state index contributed by atoms with van der Waals surface area (Å²) in [6, 6.07) is 7.53. The molecule has 1 saturated heterocycles. The molecule has 3 rings (SSSR count). The molecule has 6 nitrogen and oxygen atoms in total. The minimum absolute atomic E-state index is 0.129. The number of hydrogen-bond acceptors (Lipinski definition) is 5. The monoisotopic (exact) mass is 336 g/mol. The van der Waals surface area contributed by atoms with Crippen molar-refractivity contribution in [2.45, 2.75) is 11.8 Å². The van der Waals surface area contributed by atoms with Crippen LogP contribution in [0.5, 0.6) is 0 Å². The van der Waals surface area contributed by atoms with Gasteiger partial charge >= 0.3 is 0 Å². The molecule has 1 aromatic heterocycles. The minimum atomic E-state index is -3.60. The molecule has 0 N–H and O–H groups in total. The van der Waals surface area contributed by atoms with Crippen LogP contribution in [0, 0.1) is 12.7 Å². The minimum Gasteiger partial charge on any atom is -0.352 e. The second-order valence-electron chi connectivity index (χ2n) is 5.38. The summed E-state index contributed by atoms with van der Waals surface area (Å²) >= 11 is 0. The molecule has 8 heteroatoms. The van der Waals surface area contributed by atoms with Gasteiger partial charge in [-0.3, -0.25) is 0 Å². The number of aromatic nitrogens is 2. The molecule has 23 heavy (non-hydrogen) atoms. The maximum Gasteiger partial charge on any atom is 0.243 e. The van der Waals surface area contributed by atoms with Gasteiger partial charge in [-0.2, -0.15) is 9.40 Å². The summed E-state index contributed by atoms with van der Waals surface area (Å²) in [5, 5.41) is 7.87. The van der Waals surface area contributed by atoms with Crippen molar-refractivity contribution >= 4 is 15.8 Å².